The van der Waals surface area contributed by atoms with E-state index in [4.69, 9.17) is 15.0 Å². The Morgan fingerprint density at radius 2 is 0.833 bits per heavy atom. The molecule has 0 N–H and O–H groups in total. The van der Waals surface area contributed by atoms with Crippen molar-refractivity contribution < 1.29 is 0 Å². The van der Waals surface area contributed by atoms with E-state index in [1.165, 1.54) is 60.3 Å². The molecule has 0 amide bonds. The Labute approximate surface area is 316 Å². The van der Waals surface area contributed by atoms with Gasteiger partial charge in [0.25, 0.3) is 0 Å². The Hall–Kier alpha value is -6.45. The molecule has 0 bridgehead atoms. The molecule has 258 valence electrons. The molecule has 54 heavy (non-hydrogen) atoms. The molecule has 0 saturated heterocycles. The lowest BCUT2D eigenvalue weighted by atomic mass is 9.55. The molecule has 0 radical (unpaired) electrons. The van der Waals surface area contributed by atoms with Gasteiger partial charge in [0, 0.05) is 16.7 Å². The van der Waals surface area contributed by atoms with Gasteiger partial charge in [0.15, 0.2) is 17.5 Å². The van der Waals surface area contributed by atoms with E-state index in [2.05, 4.69) is 173 Å². The molecule has 9 aromatic rings. The summed E-state index contributed by atoms with van der Waals surface area (Å²) < 4.78 is 0. The van der Waals surface area contributed by atoms with E-state index < -0.39 is 0 Å². The van der Waals surface area contributed by atoms with E-state index in [0.717, 1.165) is 22.1 Å². The lowest BCUT2D eigenvalue weighted by Gasteiger charge is -2.48. The monoisotopic (exact) mass is 693 g/mol. The van der Waals surface area contributed by atoms with Crippen molar-refractivity contribution in [3.05, 3.63) is 175 Å². The molecule has 10 rings (SSSR count). The van der Waals surface area contributed by atoms with E-state index in [0.29, 0.717) is 17.5 Å². The summed E-state index contributed by atoms with van der Waals surface area (Å²) in [6.45, 7) is 9.53. The molecule has 0 atom stereocenters. The Morgan fingerprint density at radius 1 is 0.315 bits per heavy atom. The number of rotatable bonds is 4. The lowest BCUT2D eigenvalue weighted by molar-refractivity contribution is 0.299. The van der Waals surface area contributed by atoms with Gasteiger partial charge >= 0.3 is 0 Å². The molecule has 8 aromatic carbocycles. The summed E-state index contributed by atoms with van der Waals surface area (Å²) >= 11 is 0. The van der Waals surface area contributed by atoms with Gasteiger partial charge in [-0.2, -0.15) is 0 Å². The predicted molar refractivity (Wildman–Crippen MR) is 226 cm³/mol. The van der Waals surface area contributed by atoms with Crippen molar-refractivity contribution in [3.63, 3.8) is 0 Å². The van der Waals surface area contributed by atoms with Crippen molar-refractivity contribution in [2.75, 3.05) is 0 Å². The number of benzene rings is 8. The third kappa shape index (κ3) is 4.92. The average molecular weight is 694 g/mol. The van der Waals surface area contributed by atoms with Crippen LogP contribution in [0, 0.1) is 0 Å². The molecular weight excluding hydrogens is 655 g/mol. The molecule has 0 saturated carbocycles. The summed E-state index contributed by atoms with van der Waals surface area (Å²) in [5.74, 6) is 1.97. The Morgan fingerprint density at radius 3 is 1.65 bits per heavy atom. The van der Waals surface area contributed by atoms with E-state index in [9.17, 15) is 0 Å². The zero-order chi connectivity index (χ0) is 36.6. The normalized spacial score (nSPS) is 14.2. The smallest absolute Gasteiger partial charge is 0.164 e. The first kappa shape index (κ1) is 32.2. The van der Waals surface area contributed by atoms with Crippen LogP contribution < -0.4 is 0 Å². The van der Waals surface area contributed by atoms with E-state index in [1.807, 2.05) is 18.2 Å². The summed E-state index contributed by atoms with van der Waals surface area (Å²) in [4.78, 5) is 15.3. The second kappa shape index (κ2) is 12.0. The van der Waals surface area contributed by atoms with Crippen molar-refractivity contribution in [1.82, 2.24) is 15.0 Å². The highest BCUT2D eigenvalue weighted by Crippen LogP contribution is 2.54. The van der Waals surface area contributed by atoms with Crippen LogP contribution in [-0.2, 0) is 10.8 Å². The molecule has 1 aliphatic rings. The van der Waals surface area contributed by atoms with Crippen LogP contribution in [0.15, 0.2) is 164 Å². The molecule has 1 heterocycles. The fourth-order valence-electron chi connectivity index (χ4n) is 8.62. The Bertz CT molecular complexity index is 2920. The van der Waals surface area contributed by atoms with Crippen molar-refractivity contribution in [1.29, 1.82) is 0 Å². The second-order valence-corrected chi connectivity index (χ2v) is 15.7. The molecule has 3 heteroatoms. The van der Waals surface area contributed by atoms with Gasteiger partial charge in [-0.05, 0) is 82.6 Å². The number of nitrogens with zero attached hydrogens (tertiary/aromatic N) is 3. The van der Waals surface area contributed by atoms with Crippen LogP contribution in [0.5, 0.6) is 0 Å². The van der Waals surface area contributed by atoms with Crippen LogP contribution in [0.2, 0.25) is 0 Å². The summed E-state index contributed by atoms with van der Waals surface area (Å²) in [6.07, 6.45) is 0. The summed E-state index contributed by atoms with van der Waals surface area (Å²) in [6, 6.07) is 58.7. The molecule has 1 aliphatic carbocycles. The van der Waals surface area contributed by atoms with Crippen LogP contribution in [0.3, 0.4) is 0 Å². The minimum absolute atomic E-state index is 0.0164. The first-order chi connectivity index (χ1) is 26.3. The summed E-state index contributed by atoms with van der Waals surface area (Å²) in [5.41, 5.74) is 10.7. The maximum Gasteiger partial charge on any atom is 0.164 e. The van der Waals surface area contributed by atoms with Crippen molar-refractivity contribution in [2.45, 2.75) is 38.5 Å². The van der Waals surface area contributed by atoms with Crippen molar-refractivity contribution >= 4 is 32.3 Å². The van der Waals surface area contributed by atoms with Gasteiger partial charge in [-0.25, -0.2) is 15.0 Å². The standard InChI is InChI=1S/C51H39N3/c1-50(2)45-20-11-10-17-42(45)43-28-26-36(31-46(43)51(50,3)4)32-21-23-35(24-22-32)48-52-47(34-14-6-5-7-15-34)53-49(54-48)44-19-12-18-38-40-27-25-33-13-8-9-16-37(33)39(40)29-30-41(38)44/h5-31H,1-4H3. The molecule has 0 fully saturated rings. The zero-order valence-electron chi connectivity index (χ0n) is 30.9. The molecule has 0 unspecified atom stereocenters. The van der Waals surface area contributed by atoms with Crippen LogP contribution in [0.4, 0.5) is 0 Å². The Kier molecular flexibility index (Phi) is 7.19. The highest BCUT2D eigenvalue weighted by Gasteiger charge is 2.45. The molecule has 0 aliphatic heterocycles. The van der Waals surface area contributed by atoms with E-state index in [1.54, 1.807) is 0 Å². The second-order valence-electron chi connectivity index (χ2n) is 15.7. The topological polar surface area (TPSA) is 38.7 Å². The summed E-state index contributed by atoms with van der Waals surface area (Å²) in [7, 11) is 0. The highest BCUT2D eigenvalue weighted by molar-refractivity contribution is 6.19. The quantitative estimate of drug-likeness (QED) is 0.172. The molecule has 1 aromatic heterocycles. The van der Waals surface area contributed by atoms with E-state index in [-0.39, 0.29) is 10.8 Å². The van der Waals surface area contributed by atoms with Gasteiger partial charge in [-0.3, -0.25) is 0 Å². The average Bonchev–Trinajstić information content (AvgIpc) is 3.22. The number of aromatic nitrogens is 3. The lowest BCUT2D eigenvalue weighted by Crippen LogP contribution is -2.43. The molecule has 3 nitrogen and oxygen atoms in total. The van der Waals surface area contributed by atoms with Crippen LogP contribution in [-0.4, -0.2) is 15.0 Å². The molecule has 0 spiro atoms. The zero-order valence-corrected chi connectivity index (χ0v) is 30.9. The van der Waals surface area contributed by atoms with Crippen molar-refractivity contribution in [3.8, 4) is 56.4 Å². The maximum atomic E-state index is 5.17. The third-order valence-electron chi connectivity index (χ3n) is 12.3. The Balaban J connectivity index is 1.08. The number of fused-ring (bicyclic) bond motifs is 8. The fraction of sp³-hybridized carbons (Fsp3) is 0.118. The van der Waals surface area contributed by atoms with Gasteiger partial charge < -0.3 is 0 Å². The minimum atomic E-state index is -0.0521. The predicted octanol–water partition coefficient (Wildman–Crippen LogP) is 13.2. The first-order valence-corrected chi connectivity index (χ1v) is 18.8. The molecular formula is C51H39N3. The summed E-state index contributed by atoms with van der Waals surface area (Å²) in [5, 5.41) is 7.27. The highest BCUT2D eigenvalue weighted by atomic mass is 15.0. The largest absolute Gasteiger partial charge is 0.208 e. The first-order valence-electron chi connectivity index (χ1n) is 18.8. The van der Waals surface area contributed by atoms with E-state index >= 15 is 0 Å². The maximum absolute atomic E-state index is 5.17. The number of hydrogen-bond donors (Lipinski definition) is 0. The van der Waals surface area contributed by atoms with Gasteiger partial charge in [-0.15, -0.1) is 0 Å². The van der Waals surface area contributed by atoms with Crippen LogP contribution >= 0.6 is 0 Å². The SMILES string of the molecule is CC1(C)c2ccccc2-c2ccc(-c3ccc(-c4nc(-c5ccccc5)nc(-c5cccc6c5ccc5c7ccccc7ccc65)n4)cc3)cc2C1(C)C. The fourth-order valence-corrected chi connectivity index (χ4v) is 8.62. The van der Waals surface area contributed by atoms with Crippen LogP contribution in [0.25, 0.3) is 88.7 Å². The number of hydrogen-bond acceptors (Lipinski definition) is 3. The van der Waals surface area contributed by atoms with Gasteiger partial charge in [0.05, 0.1) is 0 Å². The third-order valence-corrected chi connectivity index (χ3v) is 12.3. The minimum Gasteiger partial charge on any atom is -0.208 e. The van der Waals surface area contributed by atoms with Crippen LogP contribution in [0.1, 0.15) is 38.8 Å². The van der Waals surface area contributed by atoms with Gasteiger partial charge in [0.2, 0.25) is 0 Å². The van der Waals surface area contributed by atoms with Crippen molar-refractivity contribution in [2.24, 2.45) is 0 Å². The van der Waals surface area contributed by atoms with Gasteiger partial charge in [-0.1, -0.05) is 185 Å². The van der Waals surface area contributed by atoms with Gasteiger partial charge in [0.1, 0.15) is 0 Å².